The van der Waals surface area contributed by atoms with Crippen molar-refractivity contribution in [2.45, 2.75) is 13.3 Å². The molecule has 0 saturated heterocycles. The highest BCUT2D eigenvalue weighted by Gasteiger charge is 2.21. The molecule has 18 heavy (non-hydrogen) atoms. The number of rotatable bonds is 8. The van der Waals surface area contributed by atoms with Crippen molar-refractivity contribution in [3.63, 3.8) is 0 Å². The predicted molar refractivity (Wildman–Crippen MR) is 64.0 cm³/mol. The van der Waals surface area contributed by atoms with Gasteiger partial charge in [-0.15, -0.1) is 0 Å². The zero-order valence-electron chi connectivity index (χ0n) is 10.8. The molecule has 0 aromatic heterocycles. The molecule has 0 aromatic carbocycles. The Labute approximate surface area is 107 Å². The average Bonchev–Trinajstić information content (AvgIpc) is 2.35. The molecule has 0 spiro atoms. The van der Waals surface area contributed by atoms with Crippen molar-refractivity contribution in [1.29, 1.82) is 5.26 Å². The Morgan fingerprint density at radius 2 is 2.00 bits per heavy atom. The normalized spacial score (nSPS) is 9.61. The quantitative estimate of drug-likeness (QED) is 0.678. The molecule has 7 nitrogen and oxygen atoms in total. The molecule has 0 fully saturated rings. The predicted octanol–water partition coefficient (Wildman–Crippen LogP) is 0.375. The van der Waals surface area contributed by atoms with Gasteiger partial charge in [0.15, 0.2) is 0 Å². The number of carbonyl (C=O) groups is 2. The van der Waals surface area contributed by atoms with E-state index in [4.69, 9.17) is 15.1 Å². The number of nitriles is 1. The number of ether oxygens (including phenoxy) is 1. The van der Waals surface area contributed by atoms with E-state index in [0.717, 1.165) is 0 Å². The van der Waals surface area contributed by atoms with Crippen LogP contribution in [0.15, 0.2) is 0 Å². The molecular weight excluding hydrogens is 238 g/mol. The van der Waals surface area contributed by atoms with Crippen molar-refractivity contribution in [3.05, 3.63) is 0 Å². The van der Waals surface area contributed by atoms with Crippen molar-refractivity contribution < 1.29 is 19.4 Å². The van der Waals surface area contributed by atoms with Crippen molar-refractivity contribution in [2.75, 3.05) is 39.9 Å². The summed E-state index contributed by atoms with van der Waals surface area (Å²) in [4.78, 5) is 25.3. The number of carbonyl (C=O) groups excluding carboxylic acids is 1. The first kappa shape index (κ1) is 16.2. The smallest absolute Gasteiger partial charge is 0.323 e. The molecule has 0 aliphatic rings. The number of nitrogens with zero attached hydrogens (tertiary/aromatic N) is 3. The number of urea groups is 1. The molecule has 0 saturated carbocycles. The van der Waals surface area contributed by atoms with E-state index >= 15 is 0 Å². The number of likely N-dealkylation sites (N-methyl/N-ethyl adjacent to an activating group) is 1. The largest absolute Gasteiger partial charge is 0.480 e. The lowest BCUT2D eigenvalue weighted by Gasteiger charge is -2.28. The van der Waals surface area contributed by atoms with Crippen LogP contribution in [0.2, 0.25) is 0 Å². The lowest BCUT2D eigenvalue weighted by molar-refractivity contribution is -0.137. The standard InChI is InChI=1S/C11H19N3O4/c1-3-13(9-10(15)16)11(17)14(6-4-5-12)7-8-18-2/h3-4,6-9H2,1-2H3,(H,15,16). The van der Waals surface area contributed by atoms with Gasteiger partial charge in [-0.2, -0.15) is 5.26 Å². The highest BCUT2D eigenvalue weighted by molar-refractivity contribution is 5.80. The van der Waals surface area contributed by atoms with Gasteiger partial charge >= 0.3 is 12.0 Å². The fourth-order valence-corrected chi connectivity index (χ4v) is 1.37. The highest BCUT2D eigenvalue weighted by Crippen LogP contribution is 2.01. The summed E-state index contributed by atoms with van der Waals surface area (Å²) in [6.07, 6.45) is 0.208. The number of hydrogen-bond donors (Lipinski definition) is 1. The Balaban J connectivity index is 4.57. The third kappa shape index (κ3) is 6.06. The third-order valence-electron chi connectivity index (χ3n) is 2.31. The molecule has 0 aliphatic carbocycles. The number of carboxylic acid groups (broad SMARTS) is 1. The minimum atomic E-state index is -1.06. The molecule has 2 amide bonds. The second kappa shape index (κ2) is 9.24. The number of amides is 2. The second-order valence-corrected chi connectivity index (χ2v) is 3.58. The first-order valence-corrected chi connectivity index (χ1v) is 5.68. The van der Waals surface area contributed by atoms with Crippen LogP contribution in [0.25, 0.3) is 0 Å². The van der Waals surface area contributed by atoms with Crippen LogP contribution in [0.4, 0.5) is 4.79 Å². The van der Waals surface area contributed by atoms with Gasteiger partial charge in [-0.25, -0.2) is 4.79 Å². The first-order chi connectivity index (χ1) is 8.56. The molecule has 0 aromatic rings. The lowest BCUT2D eigenvalue weighted by atomic mass is 10.4. The maximum Gasteiger partial charge on any atom is 0.323 e. The van der Waals surface area contributed by atoms with Crippen LogP contribution in [0.1, 0.15) is 13.3 Å². The maximum atomic E-state index is 12.0. The van der Waals surface area contributed by atoms with Crippen LogP contribution in [-0.2, 0) is 9.53 Å². The van der Waals surface area contributed by atoms with Gasteiger partial charge in [0.2, 0.25) is 0 Å². The van der Waals surface area contributed by atoms with Crippen LogP contribution < -0.4 is 0 Å². The molecule has 0 atom stereocenters. The number of carboxylic acids is 1. The van der Waals surface area contributed by atoms with Gasteiger partial charge in [-0.3, -0.25) is 4.79 Å². The zero-order valence-corrected chi connectivity index (χ0v) is 10.8. The van der Waals surface area contributed by atoms with Gasteiger partial charge in [0.05, 0.1) is 19.1 Å². The lowest BCUT2D eigenvalue weighted by Crippen LogP contribution is -2.46. The topological polar surface area (TPSA) is 93.9 Å². The Morgan fingerprint density at radius 1 is 1.33 bits per heavy atom. The van der Waals surface area contributed by atoms with E-state index in [-0.39, 0.29) is 25.5 Å². The molecule has 0 unspecified atom stereocenters. The summed E-state index contributed by atoms with van der Waals surface area (Å²) < 4.78 is 4.89. The molecule has 102 valence electrons. The fraction of sp³-hybridized carbons (Fsp3) is 0.727. The molecule has 0 bridgehead atoms. The van der Waals surface area contributed by atoms with E-state index < -0.39 is 5.97 Å². The van der Waals surface area contributed by atoms with E-state index in [1.54, 1.807) is 6.92 Å². The van der Waals surface area contributed by atoms with Crippen LogP contribution in [0, 0.1) is 11.3 Å². The van der Waals surface area contributed by atoms with E-state index in [1.807, 2.05) is 6.07 Å². The SMILES string of the molecule is CCN(CC(=O)O)C(=O)N(CCC#N)CCOC. The molecule has 0 heterocycles. The summed E-state index contributed by atoms with van der Waals surface area (Å²) in [6, 6.07) is 1.58. The van der Waals surface area contributed by atoms with Crippen molar-refractivity contribution in [1.82, 2.24) is 9.80 Å². The Morgan fingerprint density at radius 3 is 2.44 bits per heavy atom. The van der Waals surface area contributed by atoms with E-state index in [9.17, 15) is 9.59 Å². The monoisotopic (exact) mass is 257 g/mol. The second-order valence-electron chi connectivity index (χ2n) is 3.58. The maximum absolute atomic E-state index is 12.0. The number of hydrogen-bond acceptors (Lipinski definition) is 4. The number of methoxy groups -OCH3 is 1. The number of aliphatic carboxylic acids is 1. The van der Waals surface area contributed by atoms with Crippen molar-refractivity contribution in [2.24, 2.45) is 0 Å². The van der Waals surface area contributed by atoms with Gasteiger partial charge in [-0.05, 0) is 6.92 Å². The summed E-state index contributed by atoms with van der Waals surface area (Å²) in [5.74, 6) is -1.06. The van der Waals surface area contributed by atoms with E-state index in [2.05, 4.69) is 0 Å². The van der Waals surface area contributed by atoms with Crippen LogP contribution >= 0.6 is 0 Å². The van der Waals surface area contributed by atoms with E-state index in [1.165, 1.54) is 16.9 Å². The summed E-state index contributed by atoms with van der Waals surface area (Å²) >= 11 is 0. The Bertz CT molecular complexity index is 314. The average molecular weight is 257 g/mol. The van der Waals surface area contributed by atoms with Gasteiger partial charge in [0, 0.05) is 26.7 Å². The summed E-state index contributed by atoms with van der Waals surface area (Å²) in [5.41, 5.74) is 0. The van der Waals surface area contributed by atoms with Crippen LogP contribution in [0.3, 0.4) is 0 Å². The summed E-state index contributed by atoms with van der Waals surface area (Å²) in [7, 11) is 1.52. The molecule has 1 N–H and O–H groups in total. The van der Waals surface area contributed by atoms with Gasteiger partial charge in [0.25, 0.3) is 0 Å². The zero-order chi connectivity index (χ0) is 14.0. The molecule has 0 aliphatic heterocycles. The Kier molecular flexibility index (Phi) is 8.31. The summed E-state index contributed by atoms with van der Waals surface area (Å²) in [5, 5.41) is 17.2. The van der Waals surface area contributed by atoms with Gasteiger partial charge < -0.3 is 19.6 Å². The van der Waals surface area contributed by atoms with Crippen molar-refractivity contribution >= 4 is 12.0 Å². The minimum absolute atomic E-state index is 0.208. The molecule has 0 rings (SSSR count). The molecule has 0 radical (unpaired) electrons. The van der Waals surface area contributed by atoms with Crippen molar-refractivity contribution in [3.8, 4) is 6.07 Å². The van der Waals surface area contributed by atoms with Gasteiger partial charge in [-0.1, -0.05) is 0 Å². The molecular formula is C11H19N3O4. The van der Waals surface area contributed by atoms with E-state index in [0.29, 0.717) is 19.7 Å². The highest BCUT2D eigenvalue weighted by atomic mass is 16.5. The van der Waals surface area contributed by atoms with Gasteiger partial charge in [0.1, 0.15) is 6.54 Å². The van der Waals surface area contributed by atoms with Crippen LogP contribution in [0.5, 0.6) is 0 Å². The summed E-state index contributed by atoms with van der Waals surface area (Å²) in [6.45, 7) is 2.63. The minimum Gasteiger partial charge on any atom is -0.480 e. The Hall–Kier alpha value is -1.81. The fourth-order valence-electron chi connectivity index (χ4n) is 1.37. The first-order valence-electron chi connectivity index (χ1n) is 5.68. The molecule has 7 heteroatoms. The third-order valence-corrected chi connectivity index (χ3v) is 2.31. The van der Waals surface area contributed by atoms with Crippen LogP contribution in [-0.4, -0.2) is 66.8 Å².